The standard InChI is InChI=1S/C10H8F3N3O/c1-7-6-15(17)16(14-7)9-4-2-8(3-5-9)10(11,12)13/h2-6H,1H3. The van der Waals surface area contributed by atoms with Gasteiger partial charge in [0.2, 0.25) is 5.69 Å². The first-order valence-corrected chi connectivity index (χ1v) is 4.71. The molecule has 0 atom stereocenters. The summed E-state index contributed by atoms with van der Waals surface area (Å²) in [4.78, 5) is 1.44. The zero-order valence-electron chi connectivity index (χ0n) is 8.77. The van der Waals surface area contributed by atoms with Crippen LogP contribution in [0.5, 0.6) is 0 Å². The number of hydrogen-bond donors (Lipinski definition) is 0. The molecule has 0 spiro atoms. The number of alkyl halides is 3. The van der Waals surface area contributed by atoms with Gasteiger partial charge in [0.25, 0.3) is 0 Å². The molecule has 0 bridgehead atoms. The fraction of sp³-hybridized carbons (Fsp3) is 0.200. The summed E-state index contributed by atoms with van der Waals surface area (Å²) in [7, 11) is 0. The zero-order valence-corrected chi connectivity index (χ0v) is 8.77. The van der Waals surface area contributed by atoms with Crippen LogP contribution < -0.4 is 4.85 Å². The van der Waals surface area contributed by atoms with Gasteiger partial charge in [0.05, 0.1) is 5.56 Å². The molecule has 0 aliphatic heterocycles. The van der Waals surface area contributed by atoms with E-state index >= 15 is 0 Å². The van der Waals surface area contributed by atoms with Crippen LogP contribution in [0.1, 0.15) is 11.3 Å². The second-order valence-corrected chi connectivity index (χ2v) is 3.51. The monoisotopic (exact) mass is 243 g/mol. The molecule has 0 unspecified atom stereocenters. The molecule has 2 rings (SSSR count). The SMILES string of the molecule is Cc1c[n+]([O-])n(-c2ccc(C(F)(F)F)cc2)n1. The number of nitrogens with zero attached hydrogens (tertiary/aromatic N) is 3. The highest BCUT2D eigenvalue weighted by Crippen LogP contribution is 2.29. The average Bonchev–Trinajstić information content (AvgIpc) is 2.57. The Hall–Kier alpha value is -2.05. The Morgan fingerprint density at radius 3 is 2.24 bits per heavy atom. The van der Waals surface area contributed by atoms with Crippen LogP contribution in [-0.2, 0) is 6.18 Å². The molecule has 17 heavy (non-hydrogen) atoms. The van der Waals surface area contributed by atoms with E-state index in [1.165, 1.54) is 18.3 Å². The molecule has 1 aromatic carbocycles. The maximum atomic E-state index is 12.3. The molecule has 0 aliphatic carbocycles. The van der Waals surface area contributed by atoms with E-state index in [0.29, 0.717) is 10.5 Å². The summed E-state index contributed by atoms with van der Waals surface area (Å²) < 4.78 is 36.9. The van der Waals surface area contributed by atoms with Crippen molar-refractivity contribution >= 4 is 0 Å². The number of aryl methyl sites for hydroxylation is 1. The number of hydrogen-bond acceptors (Lipinski definition) is 2. The van der Waals surface area contributed by atoms with E-state index in [2.05, 4.69) is 5.10 Å². The van der Waals surface area contributed by atoms with Crippen LogP contribution in [0.3, 0.4) is 0 Å². The first-order valence-electron chi connectivity index (χ1n) is 4.71. The fourth-order valence-electron chi connectivity index (χ4n) is 1.39. The highest BCUT2D eigenvalue weighted by Gasteiger charge is 2.30. The summed E-state index contributed by atoms with van der Waals surface area (Å²) in [6, 6.07) is 4.21. The molecular formula is C10H8F3N3O. The molecule has 0 saturated heterocycles. The van der Waals surface area contributed by atoms with Gasteiger partial charge in [0.1, 0.15) is 5.69 Å². The maximum absolute atomic E-state index is 12.3. The lowest BCUT2D eigenvalue weighted by Crippen LogP contribution is -2.36. The molecule has 0 fully saturated rings. The van der Waals surface area contributed by atoms with Crippen molar-refractivity contribution in [2.45, 2.75) is 13.1 Å². The molecule has 2 aromatic rings. The van der Waals surface area contributed by atoms with E-state index in [4.69, 9.17) is 0 Å². The van der Waals surface area contributed by atoms with Gasteiger partial charge < -0.3 is 5.21 Å². The van der Waals surface area contributed by atoms with Crippen LogP contribution in [0.25, 0.3) is 5.69 Å². The number of rotatable bonds is 1. The Morgan fingerprint density at radius 1 is 1.24 bits per heavy atom. The Labute approximate surface area is 94.5 Å². The van der Waals surface area contributed by atoms with Gasteiger partial charge in [-0.25, -0.2) is 0 Å². The van der Waals surface area contributed by atoms with Crippen molar-refractivity contribution in [2.24, 2.45) is 0 Å². The van der Waals surface area contributed by atoms with E-state index in [1.54, 1.807) is 6.92 Å². The molecule has 1 heterocycles. The smallest absolute Gasteiger partial charge is 0.416 e. The van der Waals surface area contributed by atoms with Crippen molar-refractivity contribution in [2.75, 3.05) is 0 Å². The summed E-state index contributed by atoms with van der Waals surface area (Å²) >= 11 is 0. The summed E-state index contributed by atoms with van der Waals surface area (Å²) in [6.45, 7) is 1.62. The van der Waals surface area contributed by atoms with Gasteiger partial charge in [-0.15, -0.1) is 0 Å². The summed E-state index contributed by atoms with van der Waals surface area (Å²) in [5, 5.41) is 15.2. The second-order valence-electron chi connectivity index (χ2n) is 3.51. The third-order valence-corrected chi connectivity index (χ3v) is 2.16. The Balaban J connectivity index is 2.39. The fourth-order valence-corrected chi connectivity index (χ4v) is 1.39. The van der Waals surface area contributed by atoms with E-state index in [-0.39, 0.29) is 5.69 Å². The number of aromatic nitrogens is 3. The van der Waals surface area contributed by atoms with Gasteiger partial charge in [-0.1, -0.05) is 0 Å². The minimum absolute atomic E-state index is 0.279. The Kier molecular flexibility index (Phi) is 2.53. The molecule has 0 radical (unpaired) electrons. The van der Waals surface area contributed by atoms with Gasteiger partial charge in [0, 0.05) is 12.0 Å². The maximum Gasteiger partial charge on any atom is 0.416 e. The lowest BCUT2D eigenvalue weighted by atomic mass is 10.2. The van der Waals surface area contributed by atoms with Crippen molar-refractivity contribution < 1.29 is 18.0 Å². The molecule has 7 heteroatoms. The van der Waals surface area contributed by atoms with Crippen molar-refractivity contribution in [3.63, 3.8) is 0 Å². The Morgan fingerprint density at radius 2 is 1.82 bits per heavy atom. The van der Waals surface area contributed by atoms with Crippen LogP contribution in [0, 0.1) is 12.1 Å². The zero-order chi connectivity index (χ0) is 12.6. The summed E-state index contributed by atoms with van der Waals surface area (Å²) in [6.07, 6.45) is -3.15. The van der Waals surface area contributed by atoms with Crippen molar-refractivity contribution in [3.05, 3.63) is 46.9 Å². The van der Waals surface area contributed by atoms with Crippen molar-refractivity contribution in [1.82, 2.24) is 9.90 Å². The molecule has 0 amide bonds. The van der Waals surface area contributed by atoms with Crippen LogP contribution in [0.4, 0.5) is 13.2 Å². The van der Waals surface area contributed by atoms with Gasteiger partial charge in [0.15, 0.2) is 6.20 Å². The van der Waals surface area contributed by atoms with Crippen LogP contribution in [0.2, 0.25) is 0 Å². The molecule has 0 N–H and O–H groups in total. The predicted octanol–water partition coefficient (Wildman–Crippen LogP) is 1.83. The normalized spacial score (nSPS) is 11.8. The molecule has 0 aliphatic rings. The van der Waals surface area contributed by atoms with E-state index in [0.717, 1.165) is 16.9 Å². The molecular weight excluding hydrogens is 235 g/mol. The molecule has 0 saturated carbocycles. The number of halogens is 3. The largest absolute Gasteiger partial charge is 0.692 e. The molecule has 90 valence electrons. The van der Waals surface area contributed by atoms with Gasteiger partial charge >= 0.3 is 6.18 Å². The third kappa shape index (κ3) is 2.22. The van der Waals surface area contributed by atoms with Gasteiger partial charge in [-0.2, -0.15) is 18.0 Å². The highest BCUT2D eigenvalue weighted by atomic mass is 19.4. The predicted molar refractivity (Wildman–Crippen MR) is 52.3 cm³/mol. The second kappa shape index (κ2) is 3.76. The lowest BCUT2D eigenvalue weighted by Gasteiger charge is -2.07. The molecule has 4 nitrogen and oxygen atoms in total. The lowest BCUT2D eigenvalue weighted by molar-refractivity contribution is -0.688. The topological polar surface area (TPSA) is 44.8 Å². The van der Waals surface area contributed by atoms with Gasteiger partial charge in [-0.05, 0) is 29.1 Å². The van der Waals surface area contributed by atoms with E-state index < -0.39 is 11.7 Å². The number of benzene rings is 1. The molecule has 1 aromatic heterocycles. The van der Waals surface area contributed by atoms with E-state index in [9.17, 15) is 18.4 Å². The van der Waals surface area contributed by atoms with Crippen molar-refractivity contribution in [1.29, 1.82) is 0 Å². The quantitative estimate of drug-likeness (QED) is 0.566. The van der Waals surface area contributed by atoms with Crippen LogP contribution in [-0.4, -0.2) is 9.90 Å². The summed E-state index contributed by atoms with van der Waals surface area (Å²) in [5.74, 6) is 0. The highest BCUT2D eigenvalue weighted by molar-refractivity contribution is 5.33. The van der Waals surface area contributed by atoms with Gasteiger partial charge in [-0.3, -0.25) is 0 Å². The van der Waals surface area contributed by atoms with Crippen molar-refractivity contribution in [3.8, 4) is 5.69 Å². The van der Waals surface area contributed by atoms with E-state index in [1.807, 2.05) is 0 Å². The first-order chi connectivity index (χ1) is 7.88. The van der Waals surface area contributed by atoms with Crippen LogP contribution in [0.15, 0.2) is 30.5 Å². The minimum Gasteiger partial charge on any atom is -0.692 e. The third-order valence-electron chi connectivity index (χ3n) is 2.16. The van der Waals surface area contributed by atoms with Crippen LogP contribution >= 0.6 is 0 Å². The average molecular weight is 243 g/mol. The Bertz CT molecular complexity index is 531. The minimum atomic E-state index is -4.38. The summed E-state index contributed by atoms with van der Waals surface area (Å²) in [5.41, 5.74) is 0.00331. The first kappa shape index (κ1) is 11.4.